The molecule has 0 aromatic heterocycles. The number of hydrogen-bond donors (Lipinski definition) is 0. The minimum atomic E-state index is 0.167. The summed E-state index contributed by atoms with van der Waals surface area (Å²) in [7, 11) is 1.99. The van der Waals surface area contributed by atoms with Gasteiger partial charge in [-0.05, 0) is 43.4 Å². The van der Waals surface area contributed by atoms with E-state index in [2.05, 4.69) is 53.4 Å². The van der Waals surface area contributed by atoms with Crippen molar-refractivity contribution in [2.75, 3.05) is 7.05 Å². The highest BCUT2D eigenvalue weighted by Gasteiger charge is 2.30. The van der Waals surface area contributed by atoms with E-state index in [1.165, 1.54) is 0 Å². The first-order valence-electron chi connectivity index (χ1n) is 3.62. The molecule has 0 aliphatic carbocycles. The second kappa shape index (κ2) is 2.80. The first-order chi connectivity index (χ1) is 4.93. The summed E-state index contributed by atoms with van der Waals surface area (Å²) in [6.45, 7) is 6.55. The van der Waals surface area contributed by atoms with E-state index in [1.54, 1.807) is 0 Å². The highest BCUT2D eigenvalue weighted by Crippen LogP contribution is 2.24. The fraction of sp³-hybridized carbons (Fsp3) is 0.857. The van der Waals surface area contributed by atoms with Gasteiger partial charge in [0.25, 0.3) is 0 Å². The van der Waals surface area contributed by atoms with Crippen LogP contribution in [0.3, 0.4) is 0 Å². The molecule has 0 N–H and O–H groups in total. The van der Waals surface area contributed by atoms with Crippen LogP contribution in [0.2, 0.25) is 0 Å². The maximum atomic E-state index is 4.19. The van der Waals surface area contributed by atoms with E-state index in [1.807, 2.05) is 18.4 Å². The van der Waals surface area contributed by atoms with Crippen LogP contribution < -0.4 is 0 Å². The van der Waals surface area contributed by atoms with Crippen LogP contribution in [0.5, 0.6) is 0 Å². The zero-order chi connectivity index (χ0) is 8.65. The van der Waals surface area contributed by atoms with Gasteiger partial charge in [0.05, 0.1) is 0 Å². The Hall–Kier alpha value is 0. The monoisotopic (exact) mass is 267 g/mol. The molecule has 1 rings (SSSR count). The summed E-state index contributed by atoms with van der Waals surface area (Å²) >= 11 is 2.37. The molecule has 1 heterocycles. The quantitative estimate of drug-likeness (QED) is 0.378. The molecular formula is C7H14IN3. The Kier molecular flexibility index (Phi) is 2.32. The van der Waals surface area contributed by atoms with Crippen molar-refractivity contribution < 1.29 is 0 Å². The van der Waals surface area contributed by atoms with Crippen LogP contribution in [0.15, 0.2) is 5.10 Å². The minimum absolute atomic E-state index is 0.167. The first-order valence-corrected chi connectivity index (χ1v) is 4.87. The molecule has 1 atom stereocenters. The zero-order valence-corrected chi connectivity index (χ0v) is 9.53. The predicted molar refractivity (Wildman–Crippen MR) is 55.7 cm³/mol. The summed E-state index contributed by atoms with van der Waals surface area (Å²) in [5, 5.41) is 6.14. The molecule has 3 nitrogen and oxygen atoms in total. The highest BCUT2D eigenvalue weighted by molar-refractivity contribution is 14.1. The molecule has 0 saturated heterocycles. The van der Waals surface area contributed by atoms with Crippen LogP contribution in [-0.2, 0) is 0 Å². The van der Waals surface area contributed by atoms with Crippen molar-refractivity contribution in [3.63, 3.8) is 0 Å². The van der Waals surface area contributed by atoms with E-state index in [9.17, 15) is 0 Å². The number of alkyl halides is 1. The van der Waals surface area contributed by atoms with Gasteiger partial charge in [-0.1, -0.05) is 0 Å². The van der Waals surface area contributed by atoms with Crippen LogP contribution in [0, 0.1) is 0 Å². The molecule has 0 radical (unpaired) electrons. The van der Waals surface area contributed by atoms with Crippen LogP contribution in [0.4, 0.5) is 0 Å². The molecule has 0 fully saturated rings. The van der Waals surface area contributed by atoms with E-state index in [4.69, 9.17) is 0 Å². The summed E-state index contributed by atoms with van der Waals surface area (Å²) in [4.78, 5) is 2.23. The normalized spacial score (nSPS) is 25.0. The minimum Gasteiger partial charge on any atom is -0.326 e. The third-order valence-electron chi connectivity index (χ3n) is 1.67. The largest absolute Gasteiger partial charge is 0.326 e. The highest BCUT2D eigenvalue weighted by atomic mass is 127. The Morgan fingerprint density at radius 3 is 2.18 bits per heavy atom. The average Bonchev–Trinajstić information content (AvgIpc) is 2.11. The maximum absolute atomic E-state index is 4.19. The number of nitrogens with zero attached hydrogens (tertiary/aromatic N) is 3. The van der Waals surface area contributed by atoms with Crippen molar-refractivity contribution in [2.24, 2.45) is 5.10 Å². The summed E-state index contributed by atoms with van der Waals surface area (Å²) in [5.41, 5.74) is 0.167. The van der Waals surface area contributed by atoms with Gasteiger partial charge in [-0.15, -0.1) is 0 Å². The van der Waals surface area contributed by atoms with Gasteiger partial charge in [0.15, 0.2) is 4.17 Å². The Morgan fingerprint density at radius 1 is 1.45 bits per heavy atom. The second-order valence-electron chi connectivity index (χ2n) is 3.69. The van der Waals surface area contributed by atoms with Gasteiger partial charge in [0.1, 0.15) is 6.34 Å². The SMILES string of the molecule is CN1N=CN(C(C)(C)C)C1I. The molecule has 0 aromatic rings. The summed E-state index contributed by atoms with van der Waals surface area (Å²) in [5.74, 6) is 0. The Balaban J connectivity index is 2.70. The lowest BCUT2D eigenvalue weighted by molar-refractivity contribution is 0.171. The van der Waals surface area contributed by atoms with Gasteiger partial charge in [0, 0.05) is 12.6 Å². The summed E-state index contributed by atoms with van der Waals surface area (Å²) in [6, 6.07) is 0. The van der Waals surface area contributed by atoms with E-state index in [-0.39, 0.29) is 5.54 Å². The number of hydrazone groups is 1. The molecule has 0 saturated carbocycles. The van der Waals surface area contributed by atoms with Gasteiger partial charge in [-0.25, -0.2) is 0 Å². The van der Waals surface area contributed by atoms with Crippen molar-refractivity contribution in [1.82, 2.24) is 9.91 Å². The summed E-state index contributed by atoms with van der Waals surface area (Å²) < 4.78 is 0.354. The van der Waals surface area contributed by atoms with Crippen molar-refractivity contribution >= 4 is 28.9 Å². The molecule has 1 aliphatic rings. The second-order valence-corrected chi connectivity index (χ2v) is 4.81. The Labute approximate surface area is 81.6 Å². The van der Waals surface area contributed by atoms with Crippen LogP contribution in [-0.4, -0.2) is 33.0 Å². The van der Waals surface area contributed by atoms with Crippen LogP contribution in [0.25, 0.3) is 0 Å². The van der Waals surface area contributed by atoms with Crippen molar-refractivity contribution in [3.05, 3.63) is 0 Å². The topological polar surface area (TPSA) is 18.8 Å². The maximum Gasteiger partial charge on any atom is 0.171 e. The Bertz CT molecular complexity index is 173. The molecule has 11 heavy (non-hydrogen) atoms. The van der Waals surface area contributed by atoms with Gasteiger partial charge < -0.3 is 4.90 Å². The van der Waals surface area contributed by atoms with Crippen molar-refractivity contribution in [3.8, 4) is 0 Å². The molecular weight excluding hydrogens is 253 g/mol. The molecule has 0 amide bonds. The van der Waals surface area contributed by atoms with Crippen LogP contribution in [0.1, 0.15) is 20.8 Å². The lowest BCUT2D eigenvalue weighted by Gasteiger charge is -2.34. The van der Waals surface area contributed by atoms with Crippen molar-refractivity contribution in [1.29, 1.82) is 0 Å². The molecule has 0 aromatic carbocycles. The van der Waals surface area contributed by atoms with Crippen LogP contribution >= 0.6 is 22.6 Å². The van der Waals surface area contributed by atoms with Crippen molar-refractivity contribution in [2.45, 2.75) is 30.5 Å². The number of halogens is 1. The zero-order valence-electron chi connectivity index (χ0n) is 7.37. The van der Waals surface area contributed by atoms with E-state index < -0.39 is 0 Å². The van der Waals surface area contributed by atoms with E-state index >= 15 is 0 Å². The van der Waals surface area contributed by atoms with E-state index in [0.717, 1.165) is 0 Å². The molecule has 64 valence electrons. The van der Waals surface area contributed by atoms with Gasteiger partial charge in [-0.3, -0.25) is 5.01 Å². The van der Waals surface area contributed by atoms with E-state index in [0.29, 0.717) is 4.17 Å². The smallest absolute Gasteiger partial charge is 0.171 e. The first kappa shape index (κ1) is 9.09. The van der Waals surface area contributed by atoms with Gasteiger partial charge in [0.2, 0.25) is 0 Å². The molecule has 1 unspecified atom stereocenters. The molecule has 4 heteroatoms. The standard InChI is InChI=1S/C7H14IN3/c1-7(2,3)11-5-9-10(4)6(11)8/h5-6H,1-4H3. The third kappa shape index (κ3) is 1.77. The van der Waals surface area contributed by atoms with Gasteiger partial charge >= 0.3 is 0 Å². The fourth-order valence-corrected chi connectivity index (χ4v) is 2.04. The lowest BCUT2D eigenvalue weighted by atomic mass is 10.1. The lowest BCUT2D eigenvalue weighted by Crippen LogP contribution is -2.45. The summed E-state index contributed by atoms with van der Waals surface area (Å²) in [6.07, 6.45) is 1.90. The number of hydrogen-bond acceptors (Lipinski definition) is 3. The van der Waals surface area contributed by atoms with Gasteiger partial charge in [-0.2, -0.15) is 5.10 Å². The molecule has 0 bridgehead atoms. The number of rotatable bonds is 0. The third-order valence-corrected chi connectivity index (χ3v) is 3.08. The fourth-order valence-electron chi connectivity index (χ4n) is 0.920. The molecule has 0 spiro atoms. The molecule has 1 aliphatic heterocycles. The average molecular weight is 267 g/mol. The predicted octanol–water partition coefficient (Wildman–Crippen LogP) is 1.69. The Morgan fingerprint density at radius 2 is 2.00 bits per heavy atom.